The fourth-order valence-electron chi connectivity index (χ4n) is 1.94. The minimum absolute atomic E-state index is 0.753. The van der Waals surface area contributed by atoms with Crippen LogP contribution in [-0.4, -0.2) is 68.2 Å². The number of nitrogens with one attached hydrogen (secondary N) is 1. The third kappa shape index (κ3) is 5.76. The lowest BCUT2D eigenvalue weighted by Gasteiger charge is -2.32. The summed E-state index contributed by atoms with van der Waals surface area (Å²) >= 11 is 1.93. The second-order valence-electron chi connectivity index (χ2n) is 4.57. The quantitative estimate of drug-likeness (QED) is 0.732. The molecule has 4 heteroatoms. The van der Waals surface area contributed by atoms with Crippen molar-refractivity contribution in [1.82, 2.24) is 15.1 Å². The predicted octanol–water partition coefficient (Wildman–Crippen LogP) is 0.922. The summed E-state index contributed by atoms with van der Waals surface area (Å²) < 4.78 is 0. The van der Waals surface area contributed by atoms with Gasteiger partial charge in [-0.25, -0.2) is 0 Å². The zero-order valence-electron chi connectivity index (χ0n) is 10.3. The molecule has 0 aromatic heterocycles. The average molecular weight is 231 g/mol. The van der Waals surface area contributed by atoms with Gasteiger partial charge in [0, 0.05) is 38.1 Å². The lowest BCUT2D eigenvalue weighted by molar-refractivity contribution is 0.224. The van der Waals surface area contributed by atoms with Gasteiger partial charge in [-0.15, -0.1) is 11.8 Å². The lowest BCUT2D eigenvalue weighted by Crippen LogP contribution is -2.43. The van der Waals surface area contributed by atoms with Crippen LogP contribution in [0.5, 0.6) is 0 Å². The molecular formula is C11H25N3S. The van der Waals surface area contributed by atoms with Gasteiger partial charge in [0.15, 0.2) is 0 Å². The van der Waals surface area contributed by atoms with Gasteiger partial charge in [-0.1, -0.05) is 0 Å². The molecule has 0 bridgehead atoms. The highest BCUT2D eigenvalue weighted by molar-refractivity contribution is 7.98. The van der Waals surface area contributed by atoms with E-state index in [0.717, 1.165) is 19.1 Å². The Kier molecular flexibility index (Phi) is 6.64. The minimum atomic E-state index is 0.753. The molecule has 0 aromatic carbocycles. The van der Waals surface area contributed by atoms with Crippen molar-refractivity contribution in [3.05, 3.63) is 0 Å². The Balaban J connectivity index is 2.04. The molecule has 1 fully saturated rings. The molecule has 0 radical (unpaired) electrons. The highest BCUT2D eigenvalue weighted by atomic mass is 32.2. The fraction of sp³-hybridized carbons (Fsp3) is 1.00. The molecule has 3 nitrogen and oxygen atoms in total. The topological polar surface area (TPSA) is 18.5 Å². The highest BCUT2D eigenvalue weighted by Crippen LogP contribution is 2.12. The Bertz CT molecular complexity index is 156. The first kappa shape index (κ1) is 13.3. The van der Waals surface area contributed by atoms with Crippen LogP contribution in [0.25, 0.3) is 0 Å². The number of hydrogen-bond acceptors (Lipinski definition) is 4. The first-order valence-electron chi connectivity index (χ1n) is 5.81. The Hall–Kier alpha value is 0.230. The van der Waals surface area contributed by atoms with Crippen molar-refractivity contribution in [1.29, 1.82) is 0 Å². The lowest BCUT2D eigenvalue weighted by atomic mass is 10.1. The summed E-state index contributed by atoms with van der Waals surface area (Å²) in [5.74, 6) is 1.20. The number of piperidine rings is 1. The second kappa shape index (κ2) is 7.49. The standard InChI is InChI=1S/C11H25N3S/c1-13(2)9-6-12-11-4-7-14(8-5-11)10-15-3/h11-12H,4-10H2,1-3H3. The molecule has 15 heavy (non-hydrogen) atoms. The molecule has 1 rings (SSSR count). The summed E-state index contributed by atoms with van der Waals surface area (Å²) in [5, 5.41) is 3.64. The van der Waals surface area contributed by atoms with Crippen LogP contribution in [0.4, 0.5) is 0 Å². The summed E-state index contributed by atoms with van der Waals surface area (Å²) in [6, 6.07) is 0.753. The van der Waals surface area contributed by atoms with Gasteiger partial charge in [0.1, 0.15) is 0 Å². The van der Waals surface area contributed by atoms with Gasteiger partial charge >= 0.3 is 0 Å². The number of hydrogen-bond donors (Lipinski definition) is 1. The predicted molar refractivity (Wildman–Crippen MR) is 69.5 cm³/mol. The van der Waals surface area contributed by atoms with E-state index in [4.69, 9.17) is 0 Å². The van der Waals surface area contributed by atoms with Crippen molar-refractivity contribution in [2.75, 3.05) is 52.4 Å². The van der Waals surface area contributed by atoms with E-state index in [9.17, 15) is 0 Å². The van der Waals surface area contributed by atoms with Gasteiger partial charge in [0.05, 0.1) is 0 Å². The summed E-state index contributed by atoms with van der Waals surface area (Å²) in [4.78, 5) is 4.78. The van der Waals surface area contributed by atoms with Crippen molar-refractivity contribution < 1.29 is 0 Å². The summed E-state index contributed by atoms with van der Waals surface area (Å²) in [7, 11) is 4.26. The molecule has 0 aromatic rings. The number of nitrogens with zero attached hydrogens (tertiary/aromatic N) is 2. The van der Waals surface area contributed by atoms with Crippen molar-refractivity contribution in [3.8, 4) is 0 Å². The fourth-order valence-corrected chi connectivity index (χ4v) is 2.56. The van der Waals surface area contributed by atoms with Crippen molar-refractivity contribution in [2.24, 2.45) is 0 Å². The molecule has 1 heterocycles. The number of thioether (sulfide) groups is 1. The Labute approximate surface area is 98.6 Å². The van der Waals surface area contributed by atoms with E-state index in [0.29, 0.717) is 0 Å². The van der Waals surface area contributed by atoms with Crippen LogP contribution in [0, 0.1) is 0 Å². The second-order valence-corrected chi connectivity index (χ2v) is 5.40. The molecule has 0 aliphatic carbocycles. The van der Waals surface area contributed by atoms with E-state index in [1.54, 1.807) is 0 Å². The molecular weight excluding hydrogens is 206 g/mol. The zero-order chi connectivity index (χ0) is 11.1. The smallest absolute Gasteiger partial charge is 0.0441 e. The summed E-state index contributed by atoms with van der Waals surface area (Å²) in [5.41, 5.74) is 0. The maximum absolute atomic E-state index is 3.64. The molecule has 0 spiro atoms. The van der Waals surface area contributed by atoms with E-state index in [1.807, 2.05) is 11.8 Å². The number of likely N-dealkylation sites (N-methyl/N-ethyl adjacent to an activating group) is 1. The average Bonchev–Trinajstić information content (AvgIpc) is 2.20. The molecule has 1 aliphatic rings. The summed E-state index contributed by atoms with van der Waals surface area (Å²) in [6.07, 6.45) is 4.81. The zero-order valence-corrected chi connectivity index (χ0v) is 11.1. The van der Waals surface area contributed by atoms with Crippen LogP contribution in [0.1, 0.15) is 12.8 Å². The maximum Gasteiger partial charge on any atom is 0.0441 e. The SMILES string of the molecule is CSCN1CCC(NCCN(C)C)CC1. The number of rotatable bonds is 6. The molecule has 0 amide bonds. The third-order valence-electron chi connectivity index (χ3n) is 2.89. The maximum atomic E-state index is 3.64. The van der Waals surface area contributed by atoms with E-state index in [2.05, 4.69) is 35.5 Å². The van der Waals surface area contributed by atoms with E-state index in [-0.39, 0.29) is 0 Å². The minimum Gasteiger partial charge on any atom is -0.313 e. The van der Waals surface area contributed by atoms with Crippen LogP contribution < -0.4 is 5.32 Å². The normalized spacial score (nSPS) is 20.0. The van der Waals surface area contributed by atoms with Crippen molar-refractivity contribution in [3.63, 3.8) is 0 Å². The first-order chi connectivity index (χ1) is 7.22. The van der Waals surface area contributed by atoms with E-state index < -0.39 is 0 Å². The van der Waals surface area contributed by atoms with Crippen molar-refractivity contribution in [2.45, 2.75) is 18.9 Å². The molecule has 1 N–H and O–H groups in total. The van der Waals surface area contributed by atoms with Crippen LogP contribution in [0.15, 0.2) is 0 Å². The van der Waals surface area contributed by atoms with Crippen molar-refractivity contribution >= 4 is 11.8 Å². The monoisotopic (exact) mass is 231 g/mol. The van der Waals surface area contributed by atoms with Crippen LogP contribution in [0.3, 0.4) is 0 Å². The van der Waals surface area contributed by atoms with Crippen LogP contribution in [-0.2, 0) is 0 Å². The Morgan fingerprint density at radius 3 is 2.53 bits per heavy atom. The molecule has 0 saturated carbocycles. The van der Waals surface area contributed by atoms with Crippen LogP contribution >= 0.6 is 11.8 Å². The molecule has 90 valence electrons. The molecule has 0 atom stereocenters. The largest absolute Gasteiger partial charge is 0.313 e. The van der Waals surface area contributed by atoms with Gasteiger partial charge in [0.25, 0.3) is 0 Å². The highest BCUT2D eigenvalue weighted by Gasteiger charge is 2.17. The van der Waals surface area contributed by atoms with E-state index in [1.165, 1.54) is 31.8 Å². The third-order valence-corrected chi connectivity index (χ3v) is 3.51. The first-order valence-corrected chi connectivity index (χ1v) is 7.21. The molecule has 1 aliphatic heterocycles. The number of likely N-dealkylation sites (tertiary alicyclic amines) is 1. The molecule has 1 saturated heterocycles. The van der Waals surface area contributed by atoms with E-state index >= 15 is 0 Å². The molecule has 0 unspecified atom stereocenters. The Morgan fingerprint density at radius 1 is 1.33 bits per heavy atom. The van der Waals surface area contributed by atoms with Gasteiger partial charge in [-0.05, 0) is 33.2 Å². The van der Waals surface area contributed by atoms with Gasteiger partial charge in [0.2, 0.25) is 0 Å². The summed E-state index contributed by atoms with van der Waals surface area (Å²) in [6.45, 7) is 4.80. The van der Waals surface area contributed by atoms with Gasteiger partial charge < -0.3 is 10.2 Å². The van der Waals surface area contributed by atoms with Crippen LogP contribution in [0.2, 0.25) is 0 Å². The Morgan fingerprint density at radius 2 is 2.00 bits per heavy atom. The van der Waals surface area contributed by atoms with Gasteiger partial charge in [-0.2, -0.15) is 0 Å². The van der Waals surface area contributed by atoms with Gasteiger partial charge in [-0.3, -0.25) is 4.90 Å².